The van der Waals surface area contributed by atoms with Crippen molar-refractivity contribution < 1.29 is 28.6 Å². The van der Waals surface area contributed by atoms with Crippen LogP contribution in [0.15, 0.2) is 48.7 Å². The molecule has 1 saturated heterocycles. The van der Waals surface area contributed by atoms with Gasteiger partial charge in [0.05, 0.1) is 31.0 Å². The molecule has 228 valence electrons. The molecule has 4 atom stereocenters. The van der Waals surface area contributed by atoms with E-state index in [4.69, 9.17) is 37.8 Å². The Morgan fingerprint density at radius 1 is 1.21 bits per heavy atom. The number of aliphatic hydroxyl groups is 1. The molecule has 2 aromatic carbocycles. The third-order valence-electron chi connectivity index (χ3n) is 7.88. The van der Waals surface area contributed by atoms with Crippen molar-refractivity contribution in [2.75, 3.05) is 31.0 Å². The summed E-state index contributed by atoms with van der Waals surface area (Å²) in [6.45, 7) is 5.95. The number of benzene rings is 2. The SMILES string of the molecule is COc1cc(OCCO)ncc1NC(=O)C1NC(CC(C)(C)C)C2(C(=O)Nc3cc(Cl)ccc32)C1c1cccc(Cl)c1F. The Balaban J connectivity index is 1.66. The van der Waals surface area contributed by atoms with Crippen LogP contribution in [0.3, 0.4) is 0 Å². The summed E-state index contributed by atoms with van der Waals surface area (Å²) in [6.07, 6.45) is 1.85. The van der Waals surface area contributed by atoms with E-state index in [9.17, 15) is 9.59 Å². The van der Waals surface area contributed by atoms with Gasteiger partial charge in [0.25, 0.3) is 0 Å². The first kappa shape index (κ1) is 31.0. The number of pyridine rings is 1. The van der Waals surface area contributed by atoms with Gasteiger partial charge in [-0.15, -0.1) is 0 Å². The van der Waals surface area contributed by atoms with E-state index in [0.717, 1.165) is 0 Å². The lowest BCUT2D eigenvalue weighted by molar-refractivity contribution is -0.122. The van der Waals surface area contributed by atoms with Gasteiger partial charge >= 0.3 is 0 Å². The Morgan fingerprint density at radius 2 is 1.98 bits per heavy atom. The Bertz CT molecular complexity index is 1570. The fraction of sp³-hybridized carbons (Fsp3) is 0.387. The number of amides is 2. The third-order valence-corrected chi connectivity index (χ3v) is 8.41. The maximum absolute atomic E-state index is 15.9. The average Bonchev–Trinajstić information content (AvgIpc) is 3.42. The van der Waals surface area contributed by atoms with Crippen molar-refractivity contribution in [2.24, 2.45) is 5.41 Å². The molecule has 1 fully saturated rings. The Morgan fingerprint density at radius 3 is 2.67 bits per heavy atom. The van der Waals surface area contributed by atoms with Crippen molar-refractivity contribution in [3.8, 4) is 11.6 Å². The second-order valence-electron chi connectivity index (χ2n) is 11.9. The van der Waals surface area contributed by atoms with Gasteiger partial charge in [-0.2, -0.15) is 0 Å². The first-order valence-electron chi connectivity index (χ1n) is 13.8. The number of carbonyl (C=O) groups is 2. The summed E-state index contributed by atoms with van der Waals surface area (Å²) in [7, 11) is 1.43. The zero-order chi connectivity index (χ0) is 31.1. The van der Waals surface area contributed by atoms with Gasteiger partial charge in [0.2, 0.25) is 17.7 Å². The molecular formula is C31H33Cl2FN4O5. The predicted molar refractivity (Wildman–Crippen MR) is 163 cm³/mol. The summed E-state index contributed by atoms with van der Waals surface area (Å²) in [6, 6.07) is 9.53. The minimum absolute atomic E-state index is 0.0345. The summed E-state index contributed by atoms with van der Waals surface area (Å²) in [5.41, 5.74) is -0.158. The topological polar surface area (TPSA) is 122 Å². The van der Waals surface area contributed by atoms with Gasteiger partial charge in [0.1, 0.15) is 29.3 Å². The molecule has 2 aliphatic rings. The molecule has 9 nitrogen and oxygen atoms in total. The molecule has 5 rings (SSSR count). The second-order valence-corrected chi connectivity index (χ2v) is 12.7. The lowest BCUT2D eigenvalue weighted by Crippen LogP contribution is -2.49. The molecule has 1 aromatic heterocycles. The van der Waals surface area contributed by atoms with Crippen molar-refractivity contribution in [1.82, 2.24) is 10.3 Å². The molecule has 3 aromatic rings. The fourth-order valence-corrected chi connectivity index (χ4v) is 6.63. The Labute approximate surface area is 259 Å². The number of nitrogens with zero attached hydrogens (tertiary/aromatic N) is 1. The van der Waals surface area contributed by atoms with Crippen molar-refractivity contribution >= 4 is 46.4 Å². The lowest BCUT2D eigenvalue weighted by Gasteiger charge is -2.37. The van der Waals surface area contributed by atoms with Gasteiger partial charge in [-0.05, 0) is 41.2 Å². The molecule has 12 heteroatoms. The lowest BCUT2D eigenvalue weighted by atomic mass is 9.62. The minimum Gasteiger partial charge on any atom is -0.494 e. The van der Waals surface area contributed by atoms with Gasteiger partial charge in [-0.25, -0.2) is 9.37 Å². The highest BCUT2D eigenvalue weighted by molar-refractivity contribution is 6.31. The highest BCUT2D eigenvalue weighted by Crippen LogP contribution is 2.57. The van der Waals surface area contributed by atoms with Crippen molar-refractivity contribution in [3.63, 3.8) is 0 Å². The van der Waals surface area contributed by atoms with Crippen LogP contribution >= 0.6 is 23.2 Å². The maximum Gasteiger partial charge on any atom is 0.242 e. The average molecular weight is 632 g/mol. The van der Waals surface area contributed by atoms with E-state index in [1.54, 1.807) is 30.3 Å². The number of aliphatic hydroxyl groups excluding tert-OH is 1. The van der Waals surface area contributed by atoms with Crippen LogP contribution in [0.5, 0.6) is 11.6 Å². The van der Waals surface area contributed by atoms with E-state index in [1.165, 1.54) is 25.4 Å². The maximum atomic E-state index is 15.9. The van der Waals surface area contributed by atoms with Crippen molar-refractivity contribution in [3.05, 3.63) is 75.7 Å². The predicted octanol–water partition coefficient (Wildman–Crippen LogP) is 5.30. The molecule has 0 bridgehead atoms. The molecular weight excluding hydrogens is 598 g/mol. The number of carbonyl (C=O) groups excluding carboxylic acids is 2. The Hall–Kier alpha value is -3.44. The van der Waals surface area contributed by atoms with Crippen LogP contribution in [-0.2, 0) is 15.0 Å². The fourth-order valence-electron chi connectivity index (χ4n) is 6.27. The molecule has 43 heavy (non-hydrogen) atoms. The van der Waals surface area contributed by atoms with Crippen molar-refractivity contribution in [1.29, 1.82) is 0 Å². The second kappa shape index (κ2) is 11.9. The first-order valence-corrected chi connectivity index (χ1v) is 14.6. The number of hydrogen-bond donors (Lipinski definition) is 4. The number of nitrogens with one attached hydrogen (secondary N) is 3. The molecule has 3 heterocycles. The van der Waals surface area contributed by atoms with E-state index < -0.39 is 35.1 Å². The van der Waals surface area contributed by atoms with Gasteiger partial charge in [-0.1, -0.05) is 62.2 Å². The zero-order valence-electron chi connectivity index (χ0n) is 24.1. The highest BCUT2D eigenvalue weighted by Gasteiger charge is 2.66. The van der Waals surface area contributed by atoms with E-state index in [0.29, 0.717) is 22.7 Å². The molecule has 2 amide bonds. The Kier molecular flexibility index (Phi) is 8.59. The molecule has 4 N–H and O–H groups in total. The summed E-state index contributed by atoms with van der Waals surface area (Å²) in [4.78, 5) is 32.7. The van der Waals surface area contributed by atoms with Crippen LogP contribution in [-0.4, -0.2) is 54.3 Å². The molecule has 4 unspecified atom stereocenters. The first-order chi connectivity index (χ1) is 20.4. The smallest absolute Gasteiger partial charge is 0.242 e. The minimum atomic E-state index is -1.38. The van der Waals surface area contributed by atoms with Crippen LogP contribution in [0.25, 0.3) is 0 Å². The third kappa shape index (κ3) is 5.64. The van der Waals surface area contributed by atoms with Crippen LogP contribution in [0.2, 0.25) is 10.0 Å². The van der Waals surface area contributed by atoms with E-state index in [2.05, 4.69) is 20.9 Å². The number of methoxy groups -OCH3 is 1. The van der Waals surface area contributed by atoms with Crippen molar-refractivity contribution in [2.45, 2.75) is 50.6 Å². The number of aromatic nitrogens is 1. The number of halogens is 3. The summed E-state index contributed by atoms with van der Waals surface area (Å²) in [5.74, 6) is -2.14. The quantitative estimate of drug-likeness (QED) is 0.267. The molecule has 2 aliphatic heterocycles. The van der Waals surface area contributed by atoms with Gasteiger partial charge in [0, 0.05) is 28.7 Å². The number of rotatable bonds is 8. The zero-order valence-corrected chi connectivity index (χ0v) is 25.6. The van der Waals surface area contributed by atoms with Gasteiger partial charge in [-0.3, -0.25) is 9.59 Å². The highest BCUT2D eigenvalue weighted by atomic mass is 35.5. The van der Waals surface area contributed by atoms with Crippen LogP contribution in [0.1, 0.15) is 44.2 Å². The largest absolute Gasteiger partial charge is 0.494 e. The molecule has 0 aliphatic carbocycles. The normalized spacial score (nSPS) is 22.8. The van der Waals surface area contributed by atoms with Crippen LogP contribution < -0.4 is 25.4 Å². The van der Waals surface area contributed by atoms with Crippen LogP contribution in [0.4, 0.5) is 15.8 Å². The summed E-state index contributed by atoms with van der Waals surface area (Å²) < 4.78 is 26.8. The number of anilines is 2. The van der Waals surface area contributed by atoms with Gasteiger partial charge in [0.15, 0.2) is 0 Å². The standard InChI is InChI=1S/C31H33Cl2FN4O5/c1-30(2,3)14-23-31(18-9-8-16(32)12-20(18)37-29(31)41)25(17-6-5-7-19(33)26(17)34)27(38-23)28(40)36-21-15-35-24(43-11-10-39)13-22(21)42-4/h5-9,12-13,15,23,25,27,38-39H,10-11,14H2,1-4H3,(H,36,40)(H,37,41). The monoisotopic (exact) mass is 630 g/mol. The van der Waals surface area contributed by atoms with E-state index in [1.807, 2.05) is 20.8 Å². The number of hydrogen-bond acceptors (Lipinski definition) is 7. The number of fused-ring (bicyclic) bond motifs is 2. The molecule has 0 radical (unpaired) electrons. The van der Waals surface area contributed by atoms with E-state index >= 15 is 4.39 Å². The molecule has 0 saturated carbocycles. The molecule has 1 spiro atoms. The van der Waals surface area contributed by atoms with Gasteiger partial charge < -0.3 is 30.5 Å². The number of ether oxygens (including phenoxy) is 2. The van der Waals surface area contributed by atoms with Crippen LogP contribution in [0, 0.1) is 11.2 Å². The summed E-state index contributed by atoms with van der Waals surface area (Å²) >= 11 is 12.6. The summed E-state index contributed by atoms with van der Waals surface area (Å²) in [5, 5.41) is 18.6. The van der Waals surface area contributed by atoms with E-state index in [-0.39, 0.29) is 52.4 Å².